The number of amides is 1. The molecule has 0 unspecified atom stereocenters. The summed E-state index contributed by atoms with van der Waals surface area (Å²) in [6.45, 7) is 4.12. The van der Waals surface area contributed by atoms with E-state index < -0.39 is 0 Å². The number of hydrogen-bond donors (Lipinski definition) is 1. The van der Waals surface area contributed by atoms with Gasteiger partial charge < -0.3 is 14.8 Å². The van der Waals surface area contributed by atoms with Crippen LogP contribution in [0.15, 0.2) is 18.2 Å². The van der Waals surface area contributed by atoms with Crippen molar-refractivity contribution in [1.29, 1.82) is 5.26 Å². The number of likely N-dealkylation sites (tertiary alicyclic amines) is 1. The van der Waals surface area contributed by atoms with Crippen LogP contribution in [0.4, 0.5) is 0 Å². The van der Waals surface area contributed by atoms with Gasteiger partial charge in [0.05, 0.1) is 13.2 Å². The molecule has 130 valence electrons. The lowest BCUT2D eigenvalue weighted by Crippen LogP contribution is -2.33. The van der Waals surface area contributed by atoms with E-state index in [9.17, 15) is 4.79 Å². The lowest BCUT2D eigenvalue weighted by molar-refractivity contribution is -0.120. The molecule has 1 fully saturated rings. The van der Waals surface area contributed by atoms with Crippen molar-refractivity contribution >= 4 is 5.91 Å². The lowest BCUT2D eigenvalue weighted by Gasteiger charge is -2.26. The molecule has 1 saturated heterocycles. The maximum atomic E-state index is 11.5. The zero-order valence-corrected chi connectivity index (χ0v) is 14.2. The molecule has 1 aromatic carbocycles. The van der Waals surface area contributed by atoms with Gasteiger partial charge in [0.25, 0.3) is 0 Å². The first-order valence-electron chi connectivity index (χ1n) is 8.38. The topological polar surface area (TPSA) is 74.6 Å². The number of hydrogen-bond acceptors (Lipinski definition) is 5. The Labute approximate surface area is 143 Å². The number of piperidine rings is 1. The van der Waals surface area contributed by atoms with Crippen LogP contribution in [0.5, 0.6) is 11.5 Å². The van der Waals surface area contributed by atoms with Crippen molar-refractivity contribution in [3.63, 3.8) is 0 Å². The highest BCUT2D eigenvalue weighted by molar-refractivity contribution is 5.78. The van der Waals surface area contributed by atoms with E-state index in [2.05, 4.69) is 10.2 Å². The zero-order chi connectivity index (χ0) is 17.2. The number of methoxy groups -OCH3 is 1. The average molecular weight is 331 g/mol. The Bertz CT molecular complexity index is 577. The first kappa shape index (κ1) is 18.1. The third-order valence-corrected chi connectivity index (χ3v) is 4.10. The van der Waals surface area contributed by atoms with Gasteiger partial charge in [-0.3, -0.25) is 9.69 Å². The first-order chi connectivity index (χ1) is 11.7. The van der Waals surface area contributed by atoms with Crippen molar-refractivity contribution in [2.45, 2.75) is 32.2 Å². The summed E-state index contributed by atoms with van der Waals surface area (Å²) < 4.78 is 11.2. The summed E-state index contributed by atoms with van der Waals surface area (Å²) in [5.41, 5.74) is 0.876. The summed E-state index contributed by atoms with van der Waals surface area (Å²) in [6, 6.07) is 7.39. The van der Waals surface area contributed by atoms with Gasteiger partial charge in [-0.1, -0.05) is 6.42 Å². The minimum atomic E-state index is -0.285. The van der Waals surface area contributed by atoms with Crippen LogP contribution in [0.1, 0.15) is 31.2 Å². The number of nitrogens with one attached hydrogen (secondary N) is 1. The molecule has 1 heterocycles. The predicted octanol–water partition coefficient (Wildman–Crippen LogP) is 2.09. The minimum absolute atomic E-state index is 0.138. The highest BCUT2D eigenvalue weighted by Crippen LogP contribution is 2.25. The van der Waals surface area contributed by atoms with Gasteiger partial charge in [0.15, 0.2) is 0 Å². The van der Waals surface area contributed by atoms with Crippen LogP contribution in [0.25, 0.3) is 0 Å². The molecular weight excluding hydrogens is 306 g/mol. The number of benzene rings is 1. The fourth-order valence-electron chi connectivity index (χ4n) is 2.74. The van der Waals surface area contributed by atoms with Crippen LogP contribution in [-0.4, -0.2) is 44.2 Å². The molecule has 2 rings (SSSR count). The van der Waals surface area contributed by atoms with Crippen molar-refractivity contribution in [2.75, 3.05) is 33.4 Å². The van der Waals surface area contributed by atoms with Crippen molar-refractivity contribution in [3.8, 4) is 17.6 Å². The summed E-state index contributed by atoms with van der Waals surface area (Å²) in [5.74, 6) is 1.14. The van der Waals surface area contributed by atoms with Gasteiger partial charge in [0.1, 0.15) is 24.5 Å². The molecule has 0 aromatic heterocycles. The van der Waals surface area contributed by atoms with Crippen LogP contribution in [0.2, 0.25) is 0 Å². The molecule has 0 atom stereocenters. The monoisotopic (exact) mass is 331 g/mol. The second-order valence-corrected chi connectivity index (χ2v) is 5.84. The van der Waals surface area contributed by atoms with Gasteiger partial charge in [0.2, 0.25) is 5.91 Å². The summed E-state index contributed by atoms with van der Waals surface area (Å²) in [7, 11) is 1.61. The Balaban J connectivity index is 1.92. The molecule has 1 aromatic rings. The minimum Gasteiger partial charge on any atom is -0.497 e. The molecule has 1 aliphatic rings. The largest absolute Gasteiger partial charge is 0.497 e. The first-order valence-corrected chi connectivity index (χ1v) is 8.38. The summed E-state index contributed by atoms with van der Waals surface area (Å²) in [5, 5.41) is 11.3. The van der Waals surface area contributed by atoms with E-state index in [1.54, 1.807) is 7.11 Å². The highest BCUT2D eigenvalue weighted by atomic mass is 16.5. The van der Waals surface area contributed by atoms with Gasteiger partial charge >= 0.3 is 0 Å². The van der Waals surface area contributed by atoms with Crippen molar-refractivity contribution in [3.05, 3.63) is 23.8 Å². The molecular formula is C18H25N3O3. The van der Waals surface area contributed by atoms with E-state index in [-0.39, 0.29) is 12.3 Å². The standard InChI is InChI=1S/C18H25N3O3/c1-23-16-6-5-15(14-20-18(22)7-8-19)17(13-16)24-12-11-21-9-3-2-4-10-21/h5-6,13H,2-4,7,9-12,14H2,1H3,(H,20,22). The van der Waals surface area contributed by atoms with E-state index in [1.807, 2.05) is 24.3 Å². The Kier molecular flexibility index (Phi) is 7.37. The molecule has 0 bridgehead atoms. The Morgan fingerprint density at radius 1 is 1.33 bits per heavy atom. The molecule has 1 N–H and O–H groups in total. The quantitative estimate of drug-likeness (QED) is 0.789. The zero-order valence-electron chi connectivity index (χ0n) is 14.2. The maximum absolute atomic E-state index is 11.5. The fourth-order valence-corrected chi connectivity index (χ4v) is 2.74. The molecule has 6 heteroatoms. The Morgan fingerprint density at radius 2 is 2.12 bits per heavy atom. The van der Waals surface area contributed by atoms with Crippen LogP contribution in [-0.2, 0) is 11.3 Å². The summed E-state index contributed by atoms with van der Waals surface area (Å²) >= 11 is 0. The second-order valence-electron chi connectivity index (χ2n) is 5.84. The van der Waals surface area contributed by atoms with Crippen molar-refractivity contribution < 1.29 is 14.3 Å². The molecule has 0 spiro atoms. The van der Waals surface area contributed by atoms with E-state index in [0.29, 0.717) is 18.9 Å². The van der Waals surface area contributed by atoms with E-state index >= 15 is 0 Å². The van der Waals surface area contributed by atoms with Crippen LogP contribution in [0, 0.1) is 11.3 Å². The SMILES string of the molecule is COc1ccc(CNC(=O)CC#N)c(OCCN2CCCCC2)c1. The predicted molar refractivity (Wildman–Crippen MR) is 90.9 cm³/mol. The Hall–Kier alpha value is -2.26. The van der Waals surface area contributed by atoms with Gasteiger partial charge in [-0.05, 0) is 38.1 Å². The third kappa shape index (κ3) is 5.74. The normalized spacial score (nSPS) is 14.7. The molecule has 6 nitrogen and oxygen atoms in total. The summed E-state index contributed by atoms with van der Waals surface area (Å²) in [4.78, 5) is 13.9. The Morgan fingerprint density at radius 3 is 2.83 bits per heavy atom. The number of ether oxygens (including phenoxy) is 2. The number of nitrogens with zero attached hydrogens (tertiary/aromatic N) is 2. The van der Waals surface area contributed by atoms with Gasteiger partial charge in [0, 0.05) is 24.7 Å². The van der Waals surface area contributed by atoms with Crippen LogP contribution < -0.4 is 14.8 Å². The number of nitriles is 1. The van der Waals surface area contributed by atoms with Crippen LogP contribution in [0.3, 0.4) is 0 Å². The van der Waals surface area contributed by atoms with Crippen molar-refractivity contribution in [1.82, 2.24) is 10.2 Å². The molecule has 1 amide bonds. The number of rotatable bonds is 8. The van der Waals surface area contributed by atoms with E-state index in [1.165, 1.54) is 19.3 Å². The fraction of sp³-hybridized carbons (Fsp3) is 0.556. The summed E-state index contributed by atoms with van der Waals surface area (Å²) in [6.07, 6.45) is 3.70. The van der Waals surface area contributed by atoms with Gasteiger partial charge in [-0.15, -0.1) is 0 Å². The lowest BCUT2D eigenvalue weighted by atomic mass is 10.1. The third-order valence-electron chi connectivity index (χ3n) is 4.10. The van der Waals surface area contributed by atoms with Crippen LogP contribution >= 0.6 is 0 Å². The highest BCUT2D eigenvalue weighted by Gasteiger charge is 2.11. The molecule has 1 aliphatic heterocycles. The van der Waals surface area contributed by atoms with Gasteiger partial charge in [-0.25, -0.2) is 0 Å². The molecule has 0 aliphatic carbocycles. The van der Waals surface area contributed by atoms with E-state index in [0.717, 1.165) is 30.9 Å². The van der Waals surface area contributed by atoms with Crippen molar-refractivity contribution in [2.24, 2.45) is 0 Å². The maximum Gasteiger partial charge on any atom is 0.234 e. The van der Waals surface area contributed by atoms with Gasteiger partial charge in [-0.2, -0.15) is 5.26 Å². The number of carbonyl (C=O) groups is 1. The molecule has 0 saturated carbocycles. The smallest absolute Gasteiger partial charge is 0.234 e. The number of carbonyl (C=O) groups excluding carboxylic acids is 1. The second kappa shape index (κ2) is 9.78. The van der Waals surface area contributed by atoms with E-state index in [4.69, 9.17) is 14.7 Å². The molecule has 0 radical (unpaired) electrons. The average Bonchev–Trinajstić information content (AvgIpc) is 2.61. The molecule has 24 heavy (non-hydrogen) atoms.